The van der Waals surface area contributed by atoms with Crippen LogP contribution in [0.2, 0.25) is 10.0 Å². The standard InChI is InChI=1S/C23H22Cl2N2O4S/c1-32(30,31)27(21-12-20(28)10-11-22(21)29)19-13-26(14-19)23(15-2-6-17(24)7-3-15)16-4-8-18(25)9-5-16/h2-12,19,23,28-29H,13-14H2,1H3. The van der Waals surface area contributed by atoms with Crippen molar-refractivity contribution in [3.05, 3.63) is 87.9 Å². The SMILES string of the molecule is CS(=O)(=O)N(c1cc(O)ccc1O)C1CN(C(c2ccc(Cl)cc2)c2ccc(Cl)cc2)C1. The molecule has 0 spiro atoms. The van der Waals surface area contributed by atoms with Crippen molar-refractivity contribution in [2.45, 2.75) is 12.1 Å². The second-order valence-electron chi connectivity index (χ2n) is 7.85. The van der Waals surface area contributed by atoms with Crippen LogP contribution in [0.5, 0.6) is 11.5 Å². The Morgan fingerprint density at radius 3 is 1.88 bits per heavy atom. The van der Waals surface area contributed by atoms with Gasteiger partial charge in [0.2, 0.25) is 10.0 Å². The number of halogens is 2. The van der Waals surface area contributed by atoms with Crippen molar-refractivity contribution in [1.29, 1.82) is 0 Å². The number of phenols is 2. The quantitative estimate of drug-likeness (QED) is 0.489. The first kappa shape index (κ1) is 22.7. The molecule has 0 bridgehead atoms. The summed E-state index contributed by atoms with van der Waals surface area (Å²) in [6.45, 7) is 0.857. The number of aromatic hydroxyl groups is 2. The predicted molar refractivity (Wildman–Crippen MR) is 127 cm³/mol. The number of rotatable bonds is 6. The van der Waals surface area contributed by atoms with E-state index in [9.17, 15) is 18.6 Å². The van der Waals surface area contributed by atoms with Crippen molar-refractivity contribution < 1.29 is 18.6 Å². The van der Waals surface area contributed by atoms with Gasteiger partial charge >= 0.3 is 0 Å². The molecule has 0 unspecified atom stereocenters. The normalized spacial score (nSPS) is 15.0. The van der Waals surface area contributed by atoms with Crippen LogP contribution in [0, 0.1) is 0 Å². The number of sulfonamides is 1. The molecule has 32 heavy (non-hydrogen) atoms. The molecule has 3 aromatic rings. The maximum absolute atomic E-state index is 12.6. The van der Waals surface area contributed by atoms with Gasteiger partial charge < -0.3 is 10.2 Å². The molecular weight excluding hydrogens is 471 g/mol. The Morgan fingerprint density at radius 1 is 0.906 bits per heavy atom. The number of hydrogen-bond donors (Lipinski definition) is 2. The molecule has 0 amide bonds. The highest BCUT2D eigenvalue weighted by Gasteiger charge is 2.41. The van der Waals surface area contributed by atoms with Crippen molar-refractivity contribution in [2.75, 3.05) is 23.7 Å². The summed E-state index contributed by atoms with van der Waals surface area (Å²) in [5.41, 5.74) is 2.09. The molecule has 3 aromatic carbocycles. The molecule has 1 aliphatic rings. The number of hydrogen-bond acceptors (Lipinski definition) is 5. The first-order valence-corrected chi connectivity index (χ1v) is 12.5. The molecular formula is C23H22Cl2N2O4S. The van der Waals surface area contributed by atoms with Gasteiger partial charge in [0.1, 0.15) is 11.5 Å². The number of anilines is 1. The summed E-state index contributed by atoms with van der Waals surface area (Å²) in [6, 6.07) is 18.4. The van der Waals surface area contributed by atoms with E-state index in [2.05, 4.69) is 4.90 Å². The molecule has 1 saturated heterocycles. The molecule has 0 aliphatic carbocycles. The Bertz CT molecular complexity index is 1170. The molecule has 0 saturated carbocycles. The van der Waals surface area contributed by atoms with Crippen LogP contribution in [-0.4, -0.2) is 48.9 Å². The van der Waals surface area contributed by atoms with E-state index in [1.54, 1.807) is 0 Å². The molecule has 4 rings (SSSR count). The van der Waals surface area contributed by atoms with Crippen molar-refractivity contribution in [1.82, 2.24) is 4.90 Å². The van der Waals surface area contributed by atoms with Gasteiger partial charge in [-0.05, 0) is 47.5 Å². The topological polar surface area (TPSA) is 81.1 Å². The van der Waals surface area contributed by atoms with Crippen molar-refractivity contribution in [2.24, 2.45) is 0 Å². The molecule has 0 atom stereocenters. The van der Waals surface area contributed by atoms with Crippen LogP contribution < -0.4 is 4.31 Å². The van der Waals surface area contributed by atoms with Gasteiger partial charge in [-0.3, -0.25) is 9.21 Å². The van der Waals surface area contributed by atoms with Gasteiger partial charge in [0.25, 0.3) is 0 Å². The van der Waals surface area contributed by atoms with Crippen LogP contribution in [0.15, 0.2) is 66.7 Å². The number of nitrogens with zero attached hydrogens (tertiary/aromatic N) is 2. The fourth-order valence-electron chi connectivity index (χ4n) is 4.09. The summed E-state index contributed by atoms with van der Waals surface area (Å²) in [6.07, 6.45) is 1.09. The molecule has 168 valence electrons. The third-order valence-electron chi connectivity index (χ3n) is 5.51. The first-order valence-electron chi connectivity index (χ1n) is 9.90. The minimum Gasteiger partial charge on any atom is -0.508 e. The smallest absolute Gasteiger partial charge is 0.232 e. The van der Waals surface area contributed by atoms with Gasteiger partial charge in [0.15, 0.2) is 0 Å². The number of likely N-dealkylation sites (tertiary alicyclic amines) is 1. The van der Waals surface area contributed by atoms with E-state index >= 15 is 0 Å². The lowest BCUT2D eigenvalue weighted by molar-refractivity contribution is 0.116. The zero-order chi connectivity index (χ0) is 23.0. The summed E-state index contributed by atoms with van der Waals surface area (Å²) < 4.78 is 26.4. The van der Waals surface area contributed by atoms with Crippen LogP contribution >= 0.6 is 23.2 Å². The molecule has 1 aliphatic heterocycles. The number of phenolic OH excluding ortho intramolecular Hbond substituents is 2. The molecule has 9 heteroatoms. The number of benzene rings is 3. The predicted octanol–water partition coefficient (Wildman–Crippen LogP) is 4.64. The lowest BCUT2D eigenvalue weighted by atomic mass is 9.93. The van der Waals surface area contributed by atoms with Gasteiger partial charge in [-0.2, -0.15) is 0 Å². The van der Waals surface area contributed by atoms with Crippen molar-refractivity contribution in [3.8, 4) is 11.5 Å². The lowest BCUT2D eigenvalue weighted by Crippen LogP contribution is -2.61. The van der Waals surface area contributed by atoms with Crippen LogP contribution in [-0.2, 0) is 10.0 Å². The summed E-state index contributed by atoms with van der Waals surface area (Å²) >= 11 is 12.1. The Balaban J connectivity index is 1.65. The van der Waals surface area contributed by atoms with Crippen LogP contribution in [0.25, 0.3) is 0 Å². The zero-order valence-corrected chi connectivity index (χ0v) is 19.5. The van der Waals surface area contributed by atoms with Gasteiger partial charge in [-0.15, -0.1) is 0 Å². The average molecular weight is 493 g/mol. The van der Waals surface area contributed by atoms with E-state index in [0.717, 1.165) is 17.4 Å². The van der Waals surface area contributed by atoms with E-state index < -0.39 is 16.1 Å². The van der Waals surface area contributed by atoms with Gasteiger partial charge in [0.05, 0.1) is 24.0 Å². The first-order chi connectivity index (χ1) is 15.1. The van der Waals surface area contributed by atoms with E-state index in [4.69, 9.17) is 23.2 Å². The second-order valence-corrected chi connectivity index (χ2v) is 10.6. The highest BCUT2D eigenvalue weighted by molar-refractivity contribution is 7.92. The fraction of sp³-hybridized carbons (Fsp3) is 0.217. The van der Waals surface area contributed by atoms with E-state index in [0.29, 0.717) is 23.1 Å². The Morgan fingerprint density at radius 2 is 1.41 bits per heavy atom. The van der Waals surface area contributed by atoms with Crippen molar-refractivity contribution >= 4 is 38.9 Å². The highest BCUT2D eigenvalue weighted by Crippen LogP contribution is 2.39. The summed E-state index contributed by atoms with van der Waals surface area (Å²) in [5, 5.41) is 21.4. The van der Waals surface area contributed by atoms with Gasteiger partial charge in [-0.1, -0.05) is 47.5 Å². The van der Waals surface area contributed by atoms with Gasteiger partial charge in [0, 0.05) is 29.2 Å². The Hall–Kier alpha value is -2.45. The van der Waals surface area contributed by atoms with E-state index in [1.807, 2.05) is 48.5 Å². The largest absolute Gasteiger partial charge is 0.508 e. The second kappa shape index (κ2) is 8.83. The molecule has 0 radical (unpaired) electrons. The third kappa shape index (κ3) is 4.66. The molecule has 1 heterocycles. The molecule has 6 nitrogen and oxygen atoms in total. The highest BCUT2D eigenvalue weighted by atomic mass is 35.5. The lowest BCUT2D eigenvalue weighted by Gasteiger charge is -2.48. The third-order valence-corrected chi connectivity index (χ3v) is 7.23. The van der Waals surface area contributed by atoms with Crippen LogP contribution in [0.4, 0.5) is 5.69 Å². The molecule has 1 fully saturated rings. The average Bonchev–Trinajstić information content (AvgIpc) is 2.70. The summed E-state index contributed by atoms with van der Waals surface area (Å²) in [7, 11) is -3.71. The maximum Gasteiger partial charge on any atom is 0.232 e. The summed E-state index contributed by atoms with van der Waals surface area (Å²) in [5.74, 6) is -0.332. The minimum absolute atomic E-state index is 0.0617. The monoisotopic (exact) mass is 492 g/mol. The van der Waals surface area contributed by atoms with E-state index in [-0.39, 0.29) is 23.2 Å². The fourth-order valence-corrected chi connectivity index (χ4v) is 5.52. The van der Waals surface area contributed by atoms with E-state index in [1.165, 1.54) is 22.5 Å². The van der Waals surface area contributed by atoms with Crippen molar-refractivity contribution in [3.63, 3.8) is 0 Å². The Labute approximate surface area is 197 Å². The summed E-state index contributed by atoms with van der Waals surface area (Å²) in [4.78, 5) is 2.15. The molecule has 0 aromatic heterocycles. The minimum atomic E-state index is -3.71. The molecule has 2 N–H and O–H groups in total. The van der Waals surface area contributed by atoms with Crippen LogP contribution in [0.3, 0.4) is 0 Å². The van der Waals surface area contributed by atoms with Gasteiger partial charge in [-0.25, -0.2) is 8.42 Å². The van der Waals surface area contributed by atoms with Crippen LogP contribution in [0.1, 0.15) is 17.2 Å². The maximum atomic E-state index is 12.6. The Kier molecular flexibility index (Phi) is 6.27. The zero-order valence-electron chi connectivity index (χ0n) is 17.2.